The predicted molar refractivity (Wildman–Crippen MR) is 54.4 cm³/mol. The zero-order valence-electron chi connectivity index (χ0n) is 8.92. The van der Waals surface area contributed by atoms with Gasteiger partial charge in [-0.2, -0.15) is 0 Å². The molecule has 0 radical (unpaired) electrons. The summed E-state index contributed by atoms with van der Waals surface area (Å²) in [6.45, 7) is 8.73. The lowest BCUT2D eigenvalue weighted by atomic mass is 9.91. The smallest absolute Gasteiger partial charge is 0.281 e. The van der Waals surface area contributed by atoms with Gasteiger partial charge in [-0.25, -0.2) is 4.39 Å². The van der Waals surface area contributed by atoms with Crippen LogP contribution in [0.5, 0.6) is 0 Å². The first kappa shape index (κ1) is 11.2. The van der Waals surface area contributed by atoms with Gasteiger partial charge in [-0.05, 0) is 18.3 Å². The summed E-state index contributed by atoms with van der Waals surface area (Å²) in [5.41, 5.74) is 0. The van der Waals surface area contributed by atoms with Crippen LogP contribution in [0.25, 0.3) is 0 Å². The number of halogens is 1. The van der Waals surface area contributed by atoms with Crippen molar-refractivity contribution in [1.82, 2.24) is 4.90 Å². The molecule has 1 aliphatic heterocycles. The van der Waals surface area contributed by atoms with E-state index >= 15 is 0 Å². The average molecular weight is 199 g/mol. The fourth-order valence-electron chi connectivity index (χ4n) is 1.94. The summed E-state index contributed by atoms with van der Waals surface area (Å²) in [5.74, 6) is -0.227. The molecule has 1 rings (SSSR count). The van der Waals surface area contributed by atoms with E-state index in [2.05, 4.69) is 20.4 Å². The zero-order chi connectivity index (χ0) is 10.7. The Morgan fingerprint density at radius 1 is 1.71 bits per heavy atom. The van der Waals surface area contributed by atoms with Crippen molar-refractivity contribution < 1.29 is 9.18 Å². The first-order chi connectivity index (χ1) is 6.56. The Balaban J connectivity index is 2.49. The highest BCUT2D eigenvalue weighted by atomic mass is 19.1. The molecule has 0 aliphatic carbocycles. The molecule has 1 aliphatic rings. The maximum Gasteiger partial charge on any atom is 0.281 e. The van der Waals surface area contributed by atoms with Gasteiger partial charge in [-0.3, -0.25) is 4.79 Å². The highest BCUT2D eigenvalue weighted by Gasteiger charge is 2.29. The van der Waals surface area contributed by atoms with Gasteiger partial charge < -0.3 is 4.90 Å². The van der Waals surface area contributed by atoms with E-state index in [1.165, 1.54) is 0 Å². The standard InChI is InChI=1S/C11H18FNO/c1-4-8(2)10-5-6-13(7-10)11(14)9(3)12/h8,10H,3-7H2,1-2H3. The highest BCUT2D eigenvalue weighted by molar-refractivity contribution is 5.90. The molecular formula is C11H18FNO. The van der Waals surface area contributed by atoms with Gasteiger partial charge in [0.2, 0.25) is 0 Å². The number of nitrogens with zero attached hydrogens (tertiary/aromatic N) is 1. The van der Waals surface area contributed by atoms with Crippen molar-refractivity contribution in [3.05, 3.63) is 12.4 Å². The van der Waals surface area contributed by atoms with E-state index in [4.69, 9.17) is 0 Å². The van der Waals surface area contributed by atoms with Gasteiger partial charge in [-0.1, -0.05) is 26.8 Å². The Morgan fingerprint density at radius 3 is 2.86 bits per heavy atom. The van der Waals surface area contributed by atoms with E-state index in [-0.39, 0.29) is 0 Å². The summed E-state index contributed by atoms with van der Waals surface area (Å²) in [5, 5.41) is 0. The Labute approximate surface area is 84.8 Å². The largest absolute Gasteiger partial charge is 0.336 e. The van der Waals surface area contributed by atoms with Crippen molar-refractivity contribution in [3.8, 4) is 0 Å². The molecule has 0 N–H and O–H groups in total. The first-order valence-corrected chi connectivity index (χ1v) is 5.20. The van der Waals surface area contributed by atoms with Gasteiger partial charge >= 0.3 is 0 Å². The van der Waals surface area contributed by atoms with Crippen LogP contribution in [-0.2, 0) is 4.79 Å². The third kappa shape index (κ3) is 2.34. The quantitative estimate of drug-likeness (QED) is 0.639. The minimum Gasteiger partial charge on any atom is -0.336 e. The number of amides is 1. The Kier molecular flexibility index (Phi) is 3.67. The lowest BCUT2D eigenvalue weighted by molar-refractivity contribution is -0.127. The Bertz CT molecular complexity index is 239. The number of carbonyl (C=O) groups is 1. The van der Waals surface area contributed by atoms with Crippen LogP contribution >= 0.6 is 0 Å². The van der Waals surface area contributed by atoms with Gasteiger partial charge in [0.15, 0.2) is 5.83 Å². The second kappa shape index (κ2) is 4.58. The van der Waals surface area contributed by atoms with Crippen LogP contribution in [-0.4, -0.2) is 23.9 Å². The SMILES string of the molecule is C=C(F)C(=O)N1CCC(C(C)CC)C1. The van der Waals surface area contributed by atoms with Gasteiger partial charge in [0.05, 0.1) is 0 Å². The molecule has 1 fully saturated rings. The predicted octanol–water partition coefficient (Wildman–Crippen LogP) is 2.36. The maximum absolute atomic E-state index is 12.6. The van der Waals surface area contributed by atoms with Gasteiger partial charge in [-0.15, -0.1) is 0 Å². The zero-order valence-corrected chi connectivity index (χ0v) is 8.92. The van der Waals surface area contributed by atoms with Crippen LogP contribution in [0.15, 0.2) is 12.4 Å². The van der Waals surface area contributed by atoms with Crippen molar-refractivity contribution in [2.24, 2.45) is 11.8 Å². The summed E-state index contributed by atoms with van der Waals surface area (Å²) in [6, 6.07) is 0. The lowest BCUT2D eigenvalue weighted by Gasteiger charge is -2.18. The minimum atomic E-state index is -0.838. The van der Waals surface area contributed by atoms with Gasteiger partial charge in [0.1, 0.15) is 0 Å². The van der Waals surface area contributed by atoms with E-state index < -0.39 is 11.7 Å². The molecule has 0 aromatic heterocycles. The molecule has 0 saturated carbocycles. The second-order valence-electron chi connectivity index (χ2n) is 4.09. The van der Waals surface area contributed by atoms with Crippen LogP contribution in [0.4, 0.5) is 4.39 Å². The summed E-state index contributed by atoms with van der Waals surface area (Å²) in [4.78, 5) is 12.8. The summed E-state index contributed by atoms with van der Waals surface area (Å²) in [7, 11) is 0. The molecule has 0 bridgehead atoms. The number of likely N-dealkylation sites (tertiary alicyclic amines) is 1. The van der Waals surface area contributed by atoms with E-state index in [0.717, 1.165) is 12.8 Å². The molecule has 1 heterocycles. The fraction of sp³-hybridized carbons (Fsp3) is 0.727. The second-order valence-corrected chi connectivity index (χ2v) is 4.09. The normalized spacial score (nSPS) is 23.6. The van der Waals surface area contributed by atoms with Crippen molar-refractivity contribution in [3.63, 3.8) is 0 Å². The molecule has 0 aromatic rings. The Hall–Kier alpha value is -0.860. The van der Waals surface area contributed by atoms with E-state index in [1.807, 2.05) is 0 Å². The van der Waals surface area contributed by atoms with Crippen LogP contribution in [0, 0.1) is 11.8 Å². The monoisotopic (exact) mass is 199 g/mol. The number of rotatable bonds is 3. The van der Waals surface area contributed by atoms with Crippen molar-refractivity contribution in [2.75, 3.05) is 13.1 Å². The fourth-order valence-corrected chi connectivity index (χ4v) is 1.94. The summed E-state index contributed by atoms with van der Waals surface area (Å²) in [6.07, 6.45) is 2.11. The van der Waals surface area contributed by atoms with E-state index in [0.29, 0.717) is 24.9 Å². The molecule has 1 saturated heterocycles. The summed E-state index contributed by atoms with van der Waals surface area (Å²) < 4.78 is 12.6. The van der Waals surface area contributed by atoms with E-state index in [1.54, 1.807) is 4.90 Å². The number of hydrogen-bond acceptors (Lipinski definition) is 1. The van der Waals surface area contributed by atoms with Crippen molar-refractivity contribution >= 4 is 5.91 Å². The van der Waals surface area contributed by atoms with Crippen LogP contribution in [0.3, 0.4) is 0 Å². The van der Waals surface area contributed by atoms with E-state index in [9.17, 15) is 9.18 Å². The molecule has 80 valence electrons. The van der Waals surface area contributed by atoms with Crippen LogP contribution < -0.4 is 0 Å². The molecule has 0 aromatic carbocycles. The molecule has 2 nitrogen and oxygen atoms in total. The number of hydrogen-bond donors (Lipinski definition) is 0. The molecule has 2 unspecified atom stereocenters. The third-order valence-electron chi connectivity index (χ3n) is 3.19. The molecule has 14 heavy (non-hydrogen) atoms. The molecule has 0 spiro atoms. The topological polar surface area (TPSA) is 20.3 Å². The van der Waals surface area contributed by atoms with Crippen molar-refractivity contribution in [1.29, 1.82) is 0 Å². The molecular weight excluding hydrogens is 181 g/mol. The lowest BCUT2D eigenvalue weighted by Crippen LogP contribution is -2.29. The van der Waals surface area contributed by atoms with Crippen LogP contribution in [0.2, 0.25) is 0 Å². The summed E-state index contributed by atoms with van der Waals surface area (Å²) >= 11 is 0. The van der Waals surface area contributed by atoms with Crippen molar-refractivity contribution in [2.45, 2.75) is 26.7 Å². The maximum atomic E-state index is 12.6. The molecule has 3 heteroatoms. The van der Waals surface area contributed by atoms with Gasteiger partial charge in [0, 0.05) is 13.1 Å². The first-order valence-electron chi connectivity index (χ1n) is 5.20. The van der Waals surface area contributed by atoms with Crippen LogP contribution in [0.1, 0.15) is 26.7 Å². The average Bonchev–Trinajstić information content (AvgIpc) is 2.64. The molecule has 2 atom stereocenters. The highest BCUT2D eigenvalue weighted by Crippen LogP contribution is 2.26. The molecule has 1 amide bonds. The van der Waals surface area contributed by atoms with Gasteiger partial charge in [0.25, 0.3) is 5.91 Å². The third-order valence-corrected chi connectivity index (χ3v) is 3.19. The Morgan fingerprint density at radius 2 is 2.36 bits per heavy atom. The minimum absolute atomic E-state index is 0.531. The number of carbonyl (C=O) groups excluding carboxylic acids is 1.